The molecule has 0 aromatic rings. The third-order valence-electron chi connectivity index (χ3n) is 4.81. The van der Waals surface area contributed by atoms with E-state index in [4.69, 9.17) is 5.73 Å². The summed E-state index contributed by atoms with van der Waals surface area (Å²) in [4.78, 5) is 2.71. The number of hydrogen-bond donors (Lipinski definition) is 1. The Morgan fingerprint density at radius 1 is 1.24 bits per heavy atom. The molecule has 0 amide bonds. The third kappa shape index (κ3) is 3.23. The number of nitrogens with zero attached hydrogens (tertiary/aromatic N) is 1. The van der Waals surface area contributed by atoms with E-state index in [2.05, 4.69) is 25.7 Å². The molecule has 100 valence electrons. The Bertz CT molecular complexity index is 245. The highest BCUT2D eigenvalue weighted by Crippen LogP contribution is 2.38. The first-order chi connectivity index (χ1) is 8.04. The summed E-state index contributed by atoms with van der Waals surface area (Å²) in [6.07, 6.45) is 8.13. The van der Waals surface area contributed by atoms with Crippen molar-refractivity contribution in [1.82, 2.24) is 4.90 Å². The summed E-state index contributed by atoms with van der Waals surface area (Å²) in [5, 5.41) is 0. The molecular weight excluding hydrogens is 208 g/mol. The van der Waals surface area contributed by atoms with Crippen molar-refractivity contribution in [1.29, 1.82) is 0 Å². The Kier molecular flexibility index (Phi) is 4.14. The van der Waals surface area contributed by atoms with Gasteiger partial charge in [-0.15, -0.1) is 0 Å². The maximum absolute atomic E-state index is 6.54. The Morgan fingerprint density at radius 3 is 2.53 bits per heavy atom. The number of hydrogen-bond acceptors (Lipinski definition) is 2. The van der Waals surface area contributed by atoms with Crippen LogP contribution in [0.1, 0.15) is 59.3 Å². The van der Waals surface area contributed by atoms with Crippen LogP contribution >= 0.6 is 0 Å². The molecule has 0 aliphatic heterocycles. The topological polar surface area (TPSA) is 29.3 Å². The molecule has 2 atom stereocenters. The van der Waals surface area contributed by atoms with Crippen LogP contribution in [0.3, 0.4) is 0 Å². The van der Waals surface area contributed by atoms with E-state index in [9.17, 15) is 0 Å². The lowest BCUT2D eigenvalue weighted by Gasteiger charge is -2.46. The van der Waals surface area contributed by atoms with E-state index in [0.29, 0.717) is 17.5 Å². The fourth-order valence-corrected chi connectivity index (χ4v) is 3.36. The Balaban J connectivity index is 1.99. The minimum atomic E-state index is 0.332. The summed E-state index contributed by atoms with van der Waals surface area (Å²) in [7, 11) is 0. The molecule has 0 spiro atoms. The van der Waals surface area contributed by atoms with Gasteiger partial charge in [0.25, 0.3) is 0 Å². The number of nitrogens with two attached hydrogens (primary N) is 1. The molecule has 0 aromatic carbocycles. The van der Waals surface area contributed by atoms with E-state index in [1.54, 1.807) is 0 Å². The zero-order valence-electron chi connectivity index (χ0n) is 11.9. The van der Waals surface area contributed by atoms with Gasteiger partial charge in [-0.05, 0) is 50.0 Å². The molecule has 2 fully saturated rings. The standard InChI is InChI=1S/C15H30N2/c1-4-10-17(11-12-7-8-12)13-6-5-9-15(2,3)14(13)16/h12-14H,4-11,16H2,1-3H3. The predicted octanol–water partition coefficient (Wildman–Crippen LogP) is 3.01. The zero-order valence-corrected chi connectivity index (χ0v) is 11.9. The van der Waals surface area contributed by atoms with E-state index in [0.717, 1.165) is 5.92 Å². The van der Waals surface area contributed by atoms with Crippen molar-refractivity contribution in [3.8, 4) is 0 Å². The van der Waals surface area contributed by atoms with Gasteiger partial charge in [0.15, 0.2) is 0 Å². The van der Waals surface area contributed by atoms with Crippen LogP contribution < -0.4 is 5.73 Å². The highest BCUT2D eigenvalue weighted by molar-refractivity contribution is 4.97. The van der Waals surface area contributed by atoms with Crippen molar-refractivity contribution in [2.75, 3.05) is 13.1 Å². The molecule has 17 heavy (non-hydrogen) atoms. The first-order valence-corrected chi connectivity index (χ1v) is 7.54. The maximum atomic E-state index is 6.54. The maximum Gasteiger partial charge on any atom is 0.0252 e. The van der Waals surface area contributed by atoms with Crippen molar-refractivity contribution >= 4 is 0 Å². The lowest BCUT2D eigenvalue weighted by atomic mass is 9.70. The van der Waals surface area contributed by atoms with Gasteiger partial charge in [0.1, 0.15) is 0 Å². The van der Waals surface area contributed by atoms with Crippen molar-refractivity contribution in [3.05, 3.63) is 0 Å². The summed E-state index contributed by atoms with van der Waals surface area (Å²) in [5.41, 5.74) is 6.87. The van der Waals surface area contributed by atoms with Gasteiger partial charge < -0.3 is 5.73 Å². The largest absolute Gasteiger partial charge is 0.326 e. The van der Waals surface area contributed by atoms with Crippen LogP contribution in [-0.2, 0) is 0 Å². The fraction of sp³-hybridized carbons (Fsp3) is 1.00. The van der Waals surface area contributed by atoms with Crippen LogP contribution in [0, 0.1) is 11.3 Å². The molecule has 0 saturated heterocycles. The molecule has 2 aliphatic rings. The molecule has 0 aromatic heterocycles. The van der Waals surface area contributed by atoms with Gasteiger partial charge in [-0.1, -0.05) is 27.2 Å². The average molecular weight is 238 g/mol. The predicted molar refractivity (Wildman–Crippen MR) is 74.0 cm³/mol. The van der Waals surface area contributed by atoms with Gasteiger partial charge >= 0.3 is 0 Å². The molecule has 2 unspecified atom stereocenters. The van der Waals surface area contributed by atoms with Crippen molar-refractivity contribution in [3.63, 3.8) is 0 Å². The highest BCUT2D eigenvalue weighted by atomic mass is 15.2. The van der Waals surface area contributed by atoms with E-state index >= 15 is 0 Å². The molecule has 0 bridgehead atoms. The van der Waals surface area contributed by atoms with Crippen molar-refractivity contribution in [2.45, 2.75) is 71.4 Å². The lowest BCUT2D eigenvalue weighted by Crippen LogP contribution is -2.57. The molecule has 2 saturated carbocycles. The number of rotatable bonds is 5. The minimum absolute atomic E-state index is 0.332. The molecule has 0 heterocycles. The van der Waals surface area contributed by atoms with Gasteiger partial charge in [0.2, 0.25) is 0 Å². The smallest absolute Gasteiger partial charge is 0.0252 e. The first-order valence-electron chi connectivity index (χ1n) is 7.54. The summed E-state index contributed by atoms with van der Waals surface area (Å²) < 4.78 is 0. The van der Waals surface area contributed by atoms with E-state index in [-0.39, 0.29) is 0 Å². The molecule has 2 rings (SSSR count). The summed E-state index contributed by atoms with van der Waals surface area (Å²) >= 11 is 0. The van der Waals surface area contributed by atoms with Gasteiger partial charge in [0, 0.05) is 18.6 Å². The molecule has 2 N–H and O–H groups in total. The second-order valence-corrected chi connectivity index (χ2v) is 6.91. The first kappa shape index (κ1) is 13.4. The summed E-state index contributed by atoms with van der Waals surface area (Å²) in [6.45, 7) is 9.54. The van der Waals surface area contributed by atoms with Crippen LogP contribution in [0.4, 0.5) is 0 Å². The Morgan fingerprint density at radius 2 is 1.94 bits per heavy atom. The second kappa shape index (κ2) is 5.27. The third-order valence-corrected chi connectivity index (χ3v) is 4.81. The van der Waals surface area contributed by atoms with E-state index < -0.39 is 0 Å². The fourth-order valence-electron chi connectivity index (χ4n) is 3.36. The van der Waals surface area contributed by atoms with Crippen LogP contribution in [0.5, 0.6) is 0 Å². The molecular formula is C15H30N2. The van der Waals surface area contributed by atoms with Gasteiger partial charge in [-0.3, -0.25) is 4.90 Å². The Hall–Kier alpha value is -0.0800. The molecule has 2 aliphatic carbocycles. The van der Waals surface area contributed by atoms with Gasteiger partial charge in [-0.2, -0.15) is 0 Å². The Labute approximate surface area is 107 Å². The second-order valence-electron chi connectivity index (χ2n) is 6.91. The zero-order chi connectivity index (χ0) is 12.5. The van der Waals surface area contributed by atoms with Crippen LogP contribution in [0.15, 0.2) is 0 Å². The summed E-state index contributed by atoms with van der Waals surface area (Å²) in [5.74, 6) is 0.985. The molecule has 2 heteroatoms. The van der Waals surface area contributed by atoms with Crippen LogP contribution in [0.2, 0.25) is 0 Å². The van der Waals surface area contributed by atoms with Crippen molar-refractivity contribution < 1.29 is 0 Å². The van der Waals surface area contributed by atoms with Crippen molar-refractivity contribution in [2.24, 2.45) is 17.1 Å². The lowest BCUT2D eigenvalue weighted by molar-refractivity contribution is 0.0646. The minimum Gasteiger partial charge on any atom is -0.326 e. The summed E-state index contributed by atoms with van der Waals surface area (Å²) in [6, 6.07) is 1.00. The average Bonchev–Trinajstić information content (AvgIpc) is 3.05. The van der Waals surface area contributed by atoms with Crippen LogP contribution in [0.25, 0.3) is 0 Å². The molecule has 0 radical (unpaired) electrons. The van der Waals surface area contributed by atoms with Gasteiger partial charge in [-0.25, -0.2) is 0 Å². The SMILES string of the molecule is CCCN(CC1CC1)C1CCCC(C)(C)C1N. The van der Waals surface area contributed by atoms with Gasteiger partial charge in [0.05, 0.1) is 0 Å². The van der Waals surface area contributed by atoms with E-state index in [1.165, 1.54) is 51.6 Å². The quantitative estimate of drug-likeness (QED) is 0.798. The molecule has 2 nitrogen and oxygen atoms in total. The monoisotopic (exact) mass is 238 g/mol. The van der Waals surface area contributed by atoms with E-state index in [1.807, 2.05) is 0 Å². The normalized spacial score (nSPS) is 33.0. The highest BCUT2D eigenvalue weighted by Gasteiger charge is 2.40. The van der Waals surface area contributed by atoms with Crippen LogP contribution in [-0.4, -0.2) is 30.1 Å².